The number of carbonyl (C=O) groups excluding carboxylic acids is 1. The summed E-state index contributed by atoms with van der Waals surface area (Å²) in [7, 11) is 0. The Morgan fingerprint density at radius 3 is 2.34 bits per heavy atom. The third-order valence-corrected chi connectivity index (χ3v) is 7.49. The summed E-state index contributed by atoms with van der Waals surface area (Å²) < 4.78 is 0. The largest absolute Gasteiger partial charge is 0.320 e. The van der Waals surface area contributed by atoms with Crippen LogP contribution in [0.3, 0.4) is 0 Å². The van der Waals surface area contributed by atoms with Crippen LogP contribution >= 0.6 is 46.4 Å². The molecule has 1 amide bonds. The molecule has 38 heavy (non-hydrogen) atoms. The standard InChI is InChI=1S/C27H22Cl4N6O/c28-20-13-33-26(34-14-20)18-3-1-16(2-4-18)15-37-9-6-17(7-10-37)24-22(12-21(29)25(31)36-24)35-27(38)19-5-8-32-23(30)11-19/h1-5,8,11-14,17H,6-7,9-10,15H2,(H,35,38). The van der Waals surface area contributed by atoms with Crippen LogP contribution in [0.15, 0.2) is 61.1 Å². The Hall–Kier alpha value is -2.81. The Labute approximate surface area is 240 Å². The van der Waals surface area contributed by atoms with E-state index in [9.17, 15) is 4.79 Å². The van der Waals surface area contributed by atoms with Crippen LogP contribution in [0.25, 0.3) is 11.4 Å². The molecule has 1 aliphatic heterocycles. The van der Waals surface area contributed by atoms with E-state index < -0.39 is 0 Å². The second-order valence-corrected chi connectivity index (χ2v) is 10.6. The van der Waals surface area contributed by atoms with E-state index in [-0.39, 0.29) is 27.2 Å². The number of pyridine rings is 2. The molecule has 0 bridgehead atoms. The molecule has 1 N–H and O–H groups in total. The average molecular weight is 588 g/mol. The minimum atomic E-state index is -0.319. The van der Waals surface area contributed by atoms with Gasteiger partial charge < -0.3 is 5.32 Å². The lowest BCUT2D eigenvalue weighted by molar-refractivity contribution is 0.102. The van der Waals surface area contributed by atoms with Gasteiger partial charge in [0.2, 0.25) is 0 Å². The summed E-state index contributed by atoms with van der Waals surface area (Å²) in [4.78, 5) is 32.3. The fourth-order valence-corrected chi connectivity index (χ4v) is 5.04. The van der Waals surface area contributed by atoms with Gasteiger partial charge in [0, 0.05) is 42.2 Å². The molecule has 4 heterocycles. The molecule has 7 nitrogen and oxygen atoms in total. The Kier molecular flexibility index (Phi) is 8.41. The maximum Gasteiger partial charge on any atom is 0.255 e. The number of rotatable bonds is 6. The van der Waals surface area contributed by atoms with Crippen LogP contribution in [0, 0.1) is 0 Å². The lowest BCUT2D eigenvalue weighted by atomic mass is 9.91. The number of carbonyl (C=O) groups is 1. The van der Waals surface area contributed by atoms with Crippen molar-refractivity contribution >= 4 is 58.0 Å². The van der Waals surface area contributed by atoms with Gasteiger partial charge in [-0.15, -0.1) is 0 Å². The van der Waals surface area contributed by atoms with E-state index in [0.29, 0.717) is 22.1 Å². The summed E-state index contributed by atoms with van der Waals surface area (Å²) in [6.07, 6.45) is 6.41. The number of aromatic nitrogens is 4. The SMILES string of the molecule is O=C(Nc1cc(Cl)c(Cl)nc1C1CCN(Cc2ccc(-c3ncc(Cl)cn3)cc2)CC1)c1ccnc(Cl)c1. The highest BCUT2D eigenvalue weighted by atomic mass is 35.5. The highest BCUT2D eigenvalue weighted by Crippen LogP contribution is 2.36. The first kappa shape index (κ1) is 26.8. The first-order chi connectivity index (χ1) is 18.4. The minimum absolute atomic E-state index is 0.127. The average Bonchev–Trinajstić information content (AvgIpc) is 2.92. The lowest BCUT2D eigenvalue weighted by Gasteiger charge is -2.32. The number of amides is 1. The molecule has 0 atom stereocenters. The van der Waals surface area contributed by atoms with Crippen molar-refractivity contribution in [3.05, 3.63) is 98.2 Å². The molecule has 0 radical (unpaired) electrons. The normalized spacial score (nSPS) is 14.4. The van der Waals surface area contributed by atoms with Crippen LogP contribution in [-0.2, 0) is 6.54 Å². The monoisotopic (exact) mass is 586 g/mol. The molecular weight excluding hydrogens is 566 g/mol. The van der Waals surface area contributed by atoms with Crippen LogP contribution in [0.4, 0.5) is 5.69 Å². The van der Waals surface area contributed by atoms with Crippen molar-refractivity contribution in [2.24, 2.45) is 0 Å². The third-order valence-electron chi connectivity index (χ3n) is 6.41. The predicted molar refractivity (Wildman–Crippen MR) is 151 cm³/mol. The van der Waals surface area contributed by atoms with Crippen LogP contribution in [-0.4, -0.2) is 43.8 Å². The third kappa shape index (κ3) is 6.42. The molecule has 1 saturated heterocycles. The Morgan fingerprint density at radius 2 is 1.66 bits per heavy atom. The number of hydrogen-bond acceptors (Lipinski definition) is 6. The van der Waals surface area contributed by atoms with E-state index in [1.165, 1.54) is 17.8 Å². The number of halogens is 4. The maximum atomic E-state index is 12.9. The van der Waals surface area contributed by atoms with Crippen molar-refractivity contribution in [2.45, 2.75) is 25.3 Å². The van der Waals surface area contributed by atoms with Gasteiger partial charge in [-0.2, -0.15) is 0 Å². The molecule has 3 aromatic heterocycles. The first-order valence-electron chi connectivity index (χ1n) is 11.9. The maximum absolute atomic E-state index is 12.9. The molecule has 0 spiro atoms. The zero-order valence-electron chi connectivity index (χ0n) is 20.0. The zero-order chi connectivity index (χ0) is 26.6. The molecule has 1 fully saturated rings. The highest BCUT2D eigenvalue weighted by molar-refractivity contribution is 6.41. The van der Waals surface area contributed by atoms with E-state index in [4.69, 9.17) is 46.4 Å². The van der Waals surface area contributed by atoms with E-state index in [2.05, 4.69) is 42.3 Å². The highest BCUT2D eigenvalue weighted by Gasteiger charge is 2.26. The van der Waals surface area contributed by atoms with Crippen molar-refractivity contribution < 1.29 is 4.79 Å². The number of benzene rings is 1. The number of piperidine rings is 1. The molecule has 0 saturated carbocycles. The number of anilines is 1. The molecule has 5 rings (SSSR count). The van der Waals surface area contributed by atoms with Gasteiger partial charge in [-0.3, -0.25) is 9.69 Å². The van der Waals surface area contributed by atoms with Gasteiger partial charge in [0.15, 0.2) is 5.82 Å². The zero-order valence-corrected chi connectivity index (χ0v) is 23.1. The minimum Gasteiger partial charge on any atom is -0.320 e. The summed E-state index contributed by atoms with van der Waals surface area (Å²) >= 11 is 24.4. The molecule has 0 aliphatic carbocycles. The Balaban J connectivity index is 1.24. The van der Waals surface area contributed by atoms with Crippen molar-refractivity contribution in [2.75, 3.05) is 18.4 Å². The quantitative estimate of drug-likeness (QED) is 0.241. The van der Waals surface area contributed by atoms with Gasteiger partial charge in [0.1, 0.15) is 10.3 Å². The van der Waals surface area contributed by atoms with Gasteiger partial charge in [-0.05, 0) is 49.7 Å². The van der Waals surface area contributed by atoms with Crippen molar-refractivity contribution in [1.82, 2.24) is 24.8 Å². The van der Waals surface area contributed by atoms with Crippen LogP contribution in [0.2, 0.25) is 20.4 Å². The van der Waals surface area contributed by atoms with Crippen molar-refractivity contribution in [3.63, 3.8) is 0 Å². The molecule has 1 aromatic carbocycles. The van der Waals surface area contributed by atoms with E-state index in [0.717, 1.165) is 43.7 Å². The van der Waals surface area contributed by atoms with Crippen LogP contribution in [0.1, 0.15) is 40.4 Å². The fraction of sp³-hybridized carbons (Fsp3) is 0.222. The van der Waals surface area contributed by atoms with Gasteiger partial charge in [-0.25, -0.2) is 19.9 Å². The van der Waals surface area contributed by atoms with Gasteiger partial charge in [0.05, 0.1) is 21.4 Å². The smallest absolute Gasteiger partial charge is 0.255 e. The van der Waals surface area contributed by atoms with Gasteiger partial charge >= 0.3 is 0 Å². The Bertz CT molecular complexity index is 1440. The van der Waals surface area contributed by atoms with Crippen LogP contribution < -0.4 is 5.32 Å². The summed E-state index contributed by atoms with van der Waals surface area (Å²) in [5, 5.41) is 4.19. The fourth-order valence-electron chi connectivity index (χ4n) is 4.47. The Morgan fingerprint density at radius 1 is 0.947 bits per heavy atom. The molecule has 194 valence electrons. The van der Waals surface area contributed by atoms with Gasteiger partial charge in [-0.1, -0.05) is 70.7 Å². The predicted octanol–water partition coefficient (Wildman–Crippen LogP) is 7.18. The summed E-state index contributed by atoms with van der Waals surface area (Å²) in [6, 6.07) is 13.0. The molecule has 1 aliphatic rings. The van der Waals surface area contributed by atoms with E-state index >= 15 is 0 Å². The van der Waals surface area contributed by atoms with E-state index in [1.54, 1.807) is 24.5 Å². The first-order valence-corrected chi connectivity index (χ1v) is 13.4. The molecular formula is C27H22Cl4N6O. The number of hydrogen-bond donors (Lipinski definition) is 1. The van der Waals surface area contributed by atoms with Crippen molar-refractivity contribution in [3.8, 4) is 11.4 Å². The van der Waals surface area contributed by atoms with Gasteiger partial charge in [0.25, 0.3) is 5.91 Å². The molecule has 11 heteroatoms. The number of nitrogens with zero attached hydrogens (tertiary/aromatic N) is 5. The topological polar surface area (TPSA) is 83.9 Å². The number of likely N-dealkylation sites (tertiary alicyclic amines) is 1. The molecule has 0 unspecified atom stereocenters. The van der Waals surface area contributed by atoms with Crippen LogP contribution in [0.5, 0.6) is 0 Å². The summed E-state index contributed by atoms with van der Waals surface area (Å²) in [5.41, 5.74) is 3.83. The number of nitrogens with one attached hydrogen (secondary N) is 1. The molecule has 4 aromatic rings. The summed E-state index contributed by atoms with van der Waals surface area (Å²) in [5.74, 6) is 0.452. The second-order valence-electron chi connectivity index (χ2n) is 8.99. The lowest BCUT2D eigenvalue weighted by Crippen LogP contribution is -2.33. The van der Waals surface area contributed by atoms with E-state index in [1.807, 2.05) is 12.1 Å². The second kappa shape index (κ2) is 11.9. The van der Waals surface area contributed by atoms with Crippen molar-refractivity contribution in [1.29, 1.82) is 0 Å². The summed E-state index contributed by atoms with van der Waals surface area (Å²) in [6.45, 7) is 2.58.